The first-order valence-electron chi connectivity index (χ1n) is 11.6. The monoisotopic (exact) mass is 479 g/mol. The van der Waals surface area contributed by atoms with Crippen LogP contribution in [0.15, 0.2) is 78.9 Å². The number of benzene rings is 3. The normalized spacial score (nSPS) is 25.2. The highest BCUT2D eigenvalue weighted by Crippen LogP contribution is 2.57. The van der Waals surface area contributed by atoms with E-state index in [0.29, 0.717) is 11.3 Å². The number of fused-ring (bicyclic) bond motifs is 5. The van der Waals surface area contributed by atoms with Crippen LogP contribution in [0.5, 0.6) is 0 Å². The van der Waals surface area contributed by atoms with Gasteiger partial charge in [0.1, 0.15) is 11.5 Å². The number of ketones is 2. The Bertz CT molecular complexity index is 1510. The quantitative estimate of drug-likeness (QED) is 0.342. The fourth-order valence-electron chi connectivity index (χ4n) is 6.27. The first-order chi connectivity index (χ1) is 17.4. The summed E-state index contributed by atoms with van der Waals surface area (Å²) in [5.74, 6) is -2.09. The SMILES string of the molecule is CC(=O)[C@@H]1N2c3ccccc3C=CC2[C@H](C(=O)c2cccc([N+](=O)[O-])c2)[C@]12C(=O)Nc1ccccc12. The molecule has 0 aliphatic carbocycles. The number of hydrogen-bond donors (Lipinski definition) is 1. The number of non-ortho nitro benzene ring substituents is 1. The molecule has 3 aliphatic heterocycles. The summed E-state index contributed by atoms with van der Waals surface area (Å²) in [6.45, 7) is 1.44. The van der Waals surface area contributed by atoms with Crippen molar-refractivity contribution in [2.24, 2.45) is 5.92 Å². The maximum absolute atomic E-state index is 14.3. The molecule has 1 saturated heterocycles. The molecule has 178 valence electrons. The molecule has 8 nitrogen and oxygen atoms in total. The van der Waals surface area contributed by atoms with E-state index in [1.807, 2.05) is 41.3 Å². The highest BCUT2D eigenvalue weighted by Gasteiger charge is 2.70. The molecule has 1 unspecified atom stereocenters. The third-order valence-corrected chi connectivity index (χ3v) is 7.56. The average Bonchev–Trinajstić information content (AvgIpc) is 3.36. The van der Waals surface area contributed by atoms with E-state index in [1.54, 1.807) is 24.3 Å². The molecule has 1 N–H and O–H groups in total. The lowest BCUT2D eigenvalue weighted by Gasteiger charge is -2.36. The van der Waals surface area contributed by atoms with E-state index < -0.39 is 40.0 Å². The number of carbonyl (C=O) groups excluding carboxylic acids is 3. The summed E-state index contributed by atoms with van der Waals surface area (Å²) in [5.41, 5.74) is 1.18. The Kier molecular flexibility index (Phi) is 4.69. The molecule has 1 spiro atoms. The molecule has 1 amide bonds. The number of Topliss-reactive ketones (excluding diaryl/α,β-unsaturated/α-hetero) is 2. The fourth-order valence-corrected chi connectivity index (χ4v) is 6.27. The predicted molar refractivity (Wildman–Crippen MR) is 134 cm³/mol. The van der Waals surface area contributed by atoms with E-state index in [0.717, 1.165) is 11.3 Å². The van der Waals surface area contributed by atoms with Crippen LogP contribution >= 0.6 is 0 Å². The van der Waals surface area contributed by atoms with Gasteiger partial charge >= 0.3 is 0 Å². The van der Waals surface area contributed by atoms with Gasteiger partial charge in [0.05, 0.1) is 16.9 Å². The highest BCUT2D eigenvalue weighted by atomic mass is 16.6. The van der Waals surface area contributed by atoms with Gasteiger partial charge in [0, 0.05) is 29.1 Å². The van der Waals surface area contributed by atoms with Crippen molar-refractivity contribution >= 4 is 40.6 Å². The minimum Gasteiger partial charge on any atom is -0.352 e. The van der Waals surface area contributed by atoms with Gasteiger partial charge in [0.25, 0.3) is 5.69 Å². The van der Waals surface area contributed by atoms with Gasteiger partial charge in [-0.3, -0.25) is 24.5 Å². The molecule has 4 atom stereocenters. The van der Waals surface area contributed by atoms with Gasteiger partial charge in [-0.25, -0.2) is 0 Å². The molecule has 3 aliphatic rings. The summed E-state index contributed by atoms with van der Waals surface area (Å²) in [5, 5.41) is 14.3. The predicted octanol–water partition coefficient (Wildman–Crippen LogP) is 4.16. The van der Waals surface area contributed by atoms with Gasteiger partial charge in [-0.2, -0.15) is 0 Å². The largest absolute Gasteiger partial charge is 0.352 e. The molecule has 0 aromatic heterocycles. The van der Waals surface area contributed by atoms with Crippen molar-refractivity contribution in [3.05, 3.63) is 106 Å². The van der Waals surface area contributed by atoms with Gasteiger partial charge in [0.2, 0.25) is 5.91 Å². The third kappa shape index (κ3) is 2.78. The van der Waals surface area contributed by atoms with E-state index >= 15 is 0 Å². The molecule has 36 heavy (non-hydrogen) atoms. The fraction of sp³-hybridized carbons (Fsp3) is 0.179. The Morgan fingerprint density at radius 3 is 2.56 bits per heavy atom. The van der Waals surface area contributed by atoms with Gasteiger partial charge in [-0.15, -0.1) is 0 Å². The number of rotatable bonds is 4. The number of nitrogens with zero attached hydrogens (tertiary/aromatic N) is 2. The standard InChI is InChI=1S/C28H21N3O5/c1-16(32)26-28(20-10-3-4-11-21(20)29-27(28)34)24(25(33)18-8-6-9-19(15-18)31(35)36)23-14-13-17-7-2-5-12-22(17)30(23)26/h2-15,23-24,26H,1H3,(H,29,34)/t23?,24-,26+,28+/m1/s1. The molecule has 3 aromatic rings. The zero-order chi connectivity index (χ0) is 25.2. The minimum atomic E-state index is -1.52. The lowest BCUT2D eigenvalue weighted by atomic mass is 9.64. The second kappa shape index (κ2) is 7.71. The summed E-state index contributed by atoms with van der Waals surface area (Å²) in [6.07, 6.45) is 3.76. The Balaban J connectivity index is 1.65. The Morgan fingerprint density at radius 1 is 1.03 bits per heavy atom. The van der Waals surface area contributed by atoms with Crippen molar-refractivity contribution in [3.63, 3.8) is 0 Å². The zero-order valence-corrected chi connectivity index (χ0v) is 19.3. The number of carbonyl (C=O) groups is 3. The molecule has 0 bridgehead atoms. The van der Waals surface area contributed by atoms with Crippen molar-refractivity contribution in [2.45, 2.75) is 24.4 Å². The van der Waals surface area contributed by atoms with Crippen LogP contribution in [0.1, 0.15) is 28.4 Å². The Labute approximate surface area is 206 Å². The number of nitro groups is 1. The van der Waals surface area contributed by atoms with Crippen LogP contribution in [0.2, 0.25) is 0 Å². The van der Waals surface area contributed by atoms with Crippen LogP contribution < -0.4 is 10.2 Å². The lowest BCUT2D eigenvalue weighted by Crippen LogP contribution is -2.54. The number of anilines is 2. The number of hydrogen-bond acceptors (Lipinski definition) is 6. The number of nitro benzene ring substituents is 1. The van der Waals surface area contributed by atoms with Crippen molar-refractivity contribution in [3.8, 4) is 0 Å². The van der Waals surface area contributed by atoms with Crippen LogP contribution in [-0.4, -0.2) is 34.5 Å². The molecule has 1 fully saturated rings. The van der Waals surface area contributed by atoms with E-state index in [9.17, 15) is 24.5 Å². The van der Waals surface area contributed by atoms with Crippen LogP contribution in [0.25, 0.3) is 6.08 Å². The van der Waals surface area contributed by atoms with E-state index in [-0.39, 0.29) is 17.0 Å². The molecule has 6 rings (SSSR count). The maximum Gasteiger partial charge on any atom is 0.270 e. The average molecular weight is 479 g/mol. The summed E-state index contributed by atoms with van der Waals surface area (Å²) in [7, 11) is 0. The molecular weight excluding hydrogens is 458 g/mol. The second-order valence-electron chi connectivity index (χ2n) is 9.35. The van der Waals surface area contributed by atoms with E-state index in [1.165, 1.54) is 31.2 Å². The summed E-state index contributed by atoms with van der Waals surface area (Å²) in [6, 6.07) is 18.6. The summed E-state index contributed by atoms with van der Waals surface area (Å²) < 4.78 is 0. The van der Waals surface area contributed by atoms with Crippen LogP contribution in [0.4, 0.5) is 17.1 Å². The molecule has 0 radical (unpaired) electrons. The molecule has 3 aromatic carbocycles. The van der Waals surface area contributed by atoms with Crippen molar-refractivity contribution in [1.29, 1.82) is 0 Å². The second-order valence-corrected chi connectivity index (χ2v) is 9.35. The first-order valence-corrected chi connectivity index (χ1v) is 11.6. The number of amides is 1. The van der Waals surface area contributed by atoms with Gasteiger partial charge in [0.15, 0.2) is 11.6 Å². The van der Waals surface area contributed by atoms with Crippen LogP contribution in [-0.2, 0) is 15.0 Å². The minimum absolute atomic E-state index is 0.127. The zero-order valence-electron chi connectivity index (χ0n) is 19.3. The number of nitrogens with one attached hydrogen (secondary N) is 1. The van der Waals surface area contributed by atoms with Crippen LogP contribution in [0.3, 0.4) is 0 Å². The van der Waals surface area contributed by atoms with Gasteiger partial charge < -0.3 is 10.2 Å². The maximum atomic E-state index is 14.3. The first kappa shape index (κ1) is 21.9. The highest BCUT2D eigenvalue weighted by molar-refractivity contribution is 6.17. The van der Waals surface area contributed by atoms with Gasteiger partial charge in [-0.05, 0) is 30.2 Å². The van der Waals surface area contributed by atoms with Crippen LogP contribution in [0, 0.1) is 16.0 Å². The lowest BCUT2D eigenvalue weighted by molar-refractivity contribution is -0.384. The summed E-state index contributed by atoms with van der Waals surface area (Å²) >= 11 is 0. The van der Waals surface area contributed by atoms with Gasteiger partial charge in [-0.1, -0.05) is 60.7 Å². The molecule has 3 heterocycles. The van der Waals surface area contributed by atoms with E-state index in [4.69, 9.17) is 0 Å². The number of para-hydroxylation sites is 2. The summed E-state index contributed by atoms with van der Waals surface area (Å²) in [4.78, 5) is 54.5. The molecule has 8 heteroatoms. The van der Waals surface area contributed by atoms with Crippen molar-refractivity contribution in [2.75, 3.05) is 10.2 Å². The van der Waals surface area contributed by atoms with Crippen molar-refractivity contribution < 1.29 is 19.3 Å². The van der Waals surface area contributed by atoms with Crippen molar-refractivity contribution in [1.82, 2.24) is 0 Å². The third-order valence-electron chi connectivity index (χ3n) is 7.56. The molecule has 0 saturated carbocycles. The van der Waals surface area contributed by atoms with E-state index in [2.05, 4.69) is 5.32 Å². The Hall–Kier alpha value is -4.59. The molecular formula is C28H21N3O5. The Morgan fingerprint density at radius 2 is 1.78 bits per heavy atom. The topological polar surface area (TPSA) is 110 Å². The smallest absolute Gasteiger partial charge is 0.270 e.